The highest BCUT2D eigenvalue weighted by atomic mass is 16.5. The summed E-state index contributed by atoms with van der Waals surface area (Å²) in [5.74, 6) is 3.55. The number of anilines is 1. The van der Waals surface area contributed by atoms with Crippen molar-refractivity contribution in [2.75, 3.05) is 55.5 Å². The molecule has 0 aliphatic carbocycles. The molecule has 0 atom stereocenters. The van der Waals surface area contributed by atoms with Gasteiger partial charge >= 0.3 is 0 Å². The Kier molecular flexibility index (Phi) is 23.3. The van der Waals surface area contributed by atoms with E-state index in [1.54, 1.807) is 68.4 Å². The Morgan fingerprint density at radius 2 is 0.394 bits per heavy atom. The molecule has 526 valence electrons. The van der Waals surface area contributed by atoms with Crippen LogP contribution in [0.4, 0.5) is 39.8 Å². The van der Waals surface area contributed by atoms with Crippen molar-refractivity contribution in [1.82, 2.24) is 0 Å². The number of carbonyl (C=O) groups excluding carboxylic acids is 1. The average Bonchev–Trinajstić information content (AvgIpc) is 0.798. The van der Waals surface area contributed by atoms with Gasteiger partial charge in [0.15, 0.2) is 46.5 Å². The van der Waals surface area contributed by atoms with Gasteiger partial charge in [-0.2, -0.15) is 0 Å². The van der Waals surface area contributed by atoms with E-state index in [0.29, 0.717) is 108 Å². The van der Waals surface area contributed by atoms with Gasteiger partial charge in [-0.05, 0) is 162 Å². The van der Waals surface area contributed by atoms with Crippen LogP contribution in [-0.2, 0) is 37.9 Å². The highest BCUT2D eigenvalue weighted by Gasteiger charge is 2.27. The van der Waals surface area contributed by atoms with Gasteiger partial charge in [-0.3, -0.25) is 34.7 Å². The maximum atomic E-state index is 12.4. The quantitative estimate of drug-likeness (QED) is 0.0441. The fourth-order valence-corrected chi connectivity index (χ4v) is 11.2. The number of aliphatic imine (C=N–C) groups is 6. The molecule has 2 N–H and O–H groups in total. The molecule has 0 spiro atoms. The van der Waals surface area contributed by atoms with Gasteiger partial charge in [-0.1, -0.05) is 145 Å². The van der Waals surface area contributed by atoms with E-state index in [1.807, 2.05) is 42.9 Å². The minimum atomic E-state index is -0.311. The Morgan fingerprint density at radius 1 is 0.242 bits per heavy atom. The fourth-order valence-electron chi connectivity index (χ4n) is 11.2. The van der Waals surface area contributed by atoms with Crippen LogP contribution in [0.3, 0.4) is 0 Å². The van der Waals surface area contributed by atoms with Gasteiger partial charge in [-0.25, -0.2) is 0 Å². The summed E-state index contributed by atoms with van der Waals surface area (Å²) in [6.07, 6.45) is 11.6. The molecule has 0 aliphatic heterocycles. The molecule has 0 bridgehead atoms. The molecule has 0 aromatic heterocycles. The molecule has 7 rings (SSSR count). The third kappa shape index (κ3) is 18.3. The number of nitrogens with zero attached hydrogens (tertiary/aromatic N) is 6. The zero-order chi connectivity index (χ0) is 73.7. The summed E-state index contributed by atoms with van der Waals surface area (Å²) in [7, 11) is 11.4. The first-order valence-electron chi connectivity index (χ1n) is 33.6. The van der Waals surface area contributed by atoms with Gasteiger partial charge in [0.25, 0.3) is 0 Å². The average molecular weight is 1340 g/mol. The van der Waals surface area contributed by atoms with E-state index in [4.69, 9.17) is 68.8 Å². The van der Waals surface area contributed by atoms with E-state index >= 15 is 0 Å². The van der Waals surface area contributed by atoms with E-state index < -0.39 is 0 Å². The van der Waals surface area contributed by atoms with Gasteiger partial charge in [0.1, 0.15) is 34.1 Å². The summed E-state index contributed by atoms with van der Waals surface area (Å²) in [4.78, 5) is 43.3. The number of hydrogen-bond acceptors (Lipinski definition) is 15. The predicted octanol–water partition coefficient (Wildman–Crippen LogP) is 20.7. The molecule has 0 heterocycles. The van der Waals surface area contributed by atoms with Crippen LogP contribution in [0.5, 0.6) is 40.2 Å². The molecule has 15 nitrogen and oxygen atoms in total. The summed E-state index contributed by atoms with van der Waals surface area (Å²) >= 11 is 0. The van der Waals surface area contributed by atoms with E-state index in [9.17, 15) is 4.79 Å². The first-order chi connectivity index (χ1) is 46.0. The van der Waals surface area contributed by atoms with Crippen molar-refractivity contribution >= 4 is 83.4 Å². The number of carbonyl (C=O) groups is 1. The molecule has 0 saturated heterocycles. The smallest absolute Gasteiger partial charge is 0.154 e. The van der Waals surface area contributed by atoms with Crippen molar-refractivity contribution in [3.05, 3.63) is 163 Å². The third-order valence-corrected chi connectivity index (χ3v) is 17.4. The van der Waals surface area contributed by atoms with Crippen molar-refractivity contribution < 1.29 is 38.0 Å². The first-order valence-corrected chi connectivity index (χ1v) is 33.6. The molecule has 0 aliphatic rings. The van der Waals surface area contributed by atoms with Crippen LogP contribution in [0.1, 0.15) is 228 Å². The van der Waals surface area contributed by atoms with Gasteiger partial charge in [0.2, 0.25) is 0 Å². The zero-order valence-corrected chi connectivity index (χ0v) is 64.2. The Bertz CT molecular complexity index is 4330. The molecule has 0 amide bonds. The summed E-state index contributed by atoms with van der Waals surface area (Å²) in [6, 6.07) is 28.6. The Balaban J connectivity index is 1.35. The molecule has 99 heavy (non-hydrogen) atoms. The highest BCUT2D eigenvalue weighted by molar-refractivity contribution is 5.98. The molecule has 15 heteroatoms. The molecule has 0 saturated carbocycles. The van der Waals surface area contributed by atoms with Crippen LogP contribution >= 0.6 is 0 Å². The number of aldehydes is 1. The van der Waals surface area contributed by atoms with Gasteiger partial charge in [0, 0.05) is 70.7 Å². The SMILES string of the molecule is COc1c(N)cc(C(C)(C)C)cc1C=Nc1cc(C(C)(C)C)cc(C=Nc2cc(C(C)(C)C)cc(C=Nc3cc(C(C)(C)C)cc(C=Nc4cc(C(C)(C)C)cc(C=Nc5cc(C(C)(C)C)cc(C=Nc6cc(C(C)(C)C)cc(C=O)c6OC)c5OC)c4OC)c3OC)c2OC)c1OC. The highest BCUT2D eigenvalue weighted by Crippen LogP contribution is 2.45. The number of benzene rings is 7. The molecule has 7 aromatic carbocycles. The lowest BCUT2D eigenvalue weighted by molar-refractivity contribution is 0.112. The minimum Gasteiger partial charge on any atom is -0.494 e. The van der Waals surface area contributed by atoms with E-state index in [2.05, 4.69) is 206 Å². The summed E-state index contributed by atoms with van der Waals surface area (Å²) < 4.78 is 42.8. The van der Waals surface area contributed by atoms with Crippen molar-refractivity contribution in [2.45, 2.75) is 183 Å². The lowest BCUT2D eigenvalue weighted by atomic mass is 9.85. The maximum Gasteiger partial charge on any atom is 0.154 e. The number of nitrogen functional groups attached to an aromatic ring is 1. The topological polar surface area (TPSA) is 182 Å². The number of nitrogens with two attached hydrogens (primary N) is 1. The fraction of sp³-hybridized carbons (Fsp3) is 0.417. The van der Waals surface area contributed by atoms with Crippen LogP contribution in [0.15, 0.2) is 115 Å². The Hall–Kier alpha value is -9.37. The normalized spacial score (nSPS) is 13.1. The third-order valence-electron chi connectivity index (χ3n) is 17.4. The second kappa shape index (κ2) is 30.0. The number of ether oxygens (including phenoxy) is 7. The van der Waals surface area contributed by atoms with Crippen molar-refractivity contribution in [1.29, 1.82) is 0 Å². The van der Waals surface area contributed by atoms with Crippen LogP contribution in [0.2, 0.25) is 0 Å². The van der Waals surface area contributed by atoms with Crippen LogP contribution in [0, 0.1) is 0 Å². The Morgan fingerprint density at radius 3 is 0.556 bits per heavy atom. The second-order valence-corrected chi connectivity index (χ2v) is 32.3. The van der Waals surface area contributed by atoms with Crippen molar-refractivity contribution in [2.24, 2.45) is 30.0 Å². The van der Waals surface area contributed by atoms with E-state index in [0.717, 1.165) is 56.4 Å². The lowest BCUT2D eigenvalue weighted by Crippen LogP contribution is -2.13. The van der Waals surface area contributed by atoms with Gasteiger partial charge in [0.05, 0.1) is 61.0 Å². The van der Waals surface area contributed by atoms with Crippen molar-refractivity contribution in [3.63, 3.8) is 0 Å². The summed E-state index contributed by atoms with van der Waals surface area (Å²) in [5, 5.41) is 0. The Labute approximate surface area is 590 Å². The second-order valence-electron chi connectivity index (χ2n) is 32.3. The van der Waals surface area contributed by atoms with Crippen LogP contribution in [0.25, 0.3) is 0 Å². The number of rotatable bonds is 20. The van der Waals surface area contributed by atoms with E-state index in [1.165, 1.54) is 0 Å². The number of methoxy groups -OCH3 is 7. The maximum absolute atomic E-state index is 12.4. The molecular formula is C84H107N7O8. The van der Waals surface area contributed by atoms with Crippen molar-refractivity contribution in [3.8, 4) is 40.2 Å². The molecular weight excluding hydrogens is 1230 g/mol. The lowest BCUT2D eigenvalue weighted by Gasteiger charge is -2.23. The standard InChI is InChI=1S/C84H107N7O8/c1-78(2,3)57-29-50(71(93-22)64(85)36-57)43-86-65-37-58(79(4,5)6)30-51(72(65)94-23)44-87-66-38-59(80(7,8)9)31-52(73(66)95-24)45-88-67-39-60(81(10,11)12)32-53(74(67)96-25)46-89-68-40-61(82(13,14)15)33-54(75(68)97-26)47-90-69-41-62(83(16,17)18)34-55(76(69)98-27)48-91-70-42-63(84(19,20)21)35-56(49-92)77(70)99-28/h29-49H,85H2,1-28H3. The van der Waals surface area contributed by atoms with Crippen LogP contribution < -0.4 is 38.9 Å². The minimum absolute atomic E-state index is 0.161. The molecule has 0 fully saturated rings. The van der Waals surface area contributed by atoms with Gasteiger partial charge < -0.3 is 38.9 Å². The van der Waals surface area contributed by atoms with Gasteiger partial charge in [-0.15, -0.1) is 0 Å². The van der Waals surface area contributed by atoms with Crippen LogP contribution in [-0.4, -0.2) is 93.3 Å². The zero-order valence-electron chi connectivity index (χ0n) is 64.2. The first kappa shape index (κ1) is 77.0. The summed E-state index contributed by atoms with van der Waals surface area (Å²) in [6.45, 7) is 45.2. The number of hydrogen-bond donors (Lipinski definition) is 1. The predicted molar refractivity (Wildman–Crippen MR) is 415 cm³/mol. The monoisotopic (exact) mass is 1340 g/mol. The molecule has 7 aromatic rings. The molecule has 0 unspecified atom stereocenters. The molecule has 0 radical (unpaired) electrons. The largest absolute Gasteiger partial charge is 0.494 e. The van der Waals surface area contributed by atoms with E-state index in [-0.39, 0.29) is 37.9 Å². The summed E-state index contributed by atoms with van der Waals surface area (Å²) in [5.41, 5.74) is 20.5.